The predicted octanol–water partition coefficient (Wildman–Crippen LogP) is 2.79. The normalized spacial score (nSPS) is 18.5. The Hall–Kier alpha value is -4.11. The monoisotopic (exact) mass is 467 g/mol. The van der Waals surface area contributed by atoms with Crippen LogP contribution in [0.3, 0.4) is 0 Å². The van der Waals surface area contributed by atoms with Gasteiger partial charge >= 0.3 is 0 Å². The van der Waals surface area contributed by atoms with Crippen LogP contribution in [0, 0.1) is 0 Å². The maximum atomic E-state index is 12.9. The number of benzene rings is 1. The predicted molar refractivity (Wildman–Crippen MR) is 134 cm³/mol. The molecule has 1 atom stereocenters. The molecule has 1 fully saturated rings. The van der Waals surface area contributed by atoms with Crippen LogP contribution in [0.15, 0.2) is 48.8 Å². The summed E-state index contributed by atoms with van der Waals surface area (Å²) in [5.41, 5.74) is 6.42. The van der Waals surface area contributed by atoms with Crippen molar-refractivity contribution >= 4 is 34.1 Å². The first kappa shape index (κ1) is 20.3. The molecular formula is C26H25N7O2. The molecule has 3 aliphatic rings. The van der Waals surface area contributed by atoms with Gasteiger partial charge in [-0.1, -0.05) is 6.07 Å². The zero-order chi connectivity index (χ0) is 23.5. The molecule has 9 nitrogen and oxygen atoms in total. The Bertz CT molecular complexity index is 1490. The molecule has 6 heterocycles. The van der Waals surface area contributed by atoms with Crippen molar-refractivity contribution in [3.63, 3.8) is 0 Å². The molecule has 3 N–H and O–H groups in total. The van der Waals surface area contributed by atoms with Crippen LogP contribution in [0.25, 0.3) is 22.2 Å². The van der Waals surface area contributed by atoms with Crippen molar-refractivity contribution in [1.29, 1.82) is 0 Å². The van der Waals surface area contributed by atoms with Gasteiger partial charge in [0.2, 0.25) is 5.88 Å². The lowest BCUT2D eigenvalue weighted by atomic mass is 9.94. The average molecular weight is 468 g/mol. The molecule has 3 aliphatic heterocycles. The van der Waals surface area contributed by atoms with Gasteiger partial charge in [0.15, 0.2) is 0 Å². The Labute approximate surface area is 202 Å². The number of aromatic nitrogens is 3. The lowest BCUT2D eigenvalue weighted by Gasteiger charge is -2.41. The van der Waals surface area contributed by atoms with Gasteiger partial charge < -0.3 is 30.2 Å². The van der Waals surface area contributed by atoms with Gasteiger partial charge in [0.25, 0.3) is 5.91 Å². The Kier molecular flexibility index (Phi) is 4.47. The van der Waals surface area contributed by atoms with E-state index < -0.39 is 0 Å². The summed E-state index contributed by atoms with van der Waals surface area (Å²) < 4.78 is 7.99. The van der Waals surface area contributed by atoms with Crippen molar-refractivity contribution in [2.45, 2.75) is 12.6 Å². The van der Waals surface area contributed by atoms with E-state index in [2.05, 4.69) is 44.0 Å². The summed E-state index contributed by atoms with van der Waals surface area (Å²) >= 11 is 0. The van der Waals surface area contributed by atoms with Crippen molar-refractivity contribution in [3.8, 4) is 17.0 Å². The smallest absolute Gasteiger partial charge is 0.254 e. The van der Waals surface area contributed by atoms with Crippen molar-refractivity contribution in [3.05, 3.63) is 59.9 Å². The van der Waals surface area contributed by atoms with Crippen molar-refractivity contribution in [1.82, 2.24) is 25.2 Å². The zero-order valence-corrected chi connectivity index (χ0v) is 19.3. The van der Waals surface area contributed by atoms with E-state index in [1.165, 1.54) is 0 Å². The Morgan fingerprint density at radius 2 is 2.09 bits per heavy atom. The second-order valence-corrected chi connectivity index (χ2v) is 9.23. The number of pyridine rings is 2. The first-order valence-corrected chi connectivity index (χ1v) is 11.9. The molecule has 0 aliphatic carbocycles. The van der Waals surface area contributed by atoms with Crippen LogP contribution in [0.2, 0.25) is 0 Å². The van der Waals surface area contributed by atoms with E-state index in [0.29, 0.717) is 36.5 Å². The minimum absolute atomic E-state index is 0.0828. The summed E-state index contributed by atoms with van der Waals surface area (Å²) in [6.45, 7) is 3.91. The molecule has 7 rings (SSSR count). The maximum Gasteiger partial charge on any atom is 0.254 e. The van der Waals surface area contributed by atoms with Crippen molar-refractivity contribution in [2.24, 2.45) is 7.05 Å². The largest absolute Gasteiger partial charge is 0.474 e. The number of hydrogen-bond donors (Lipinski definition) is 3. The third-order valence-corrected chi connectivity index (χ3v) is 7.20. The van der Waals surface area contributed by atoms with Gasteiger partial charge in [0.05, 0.1) is 17.3 Å². The number of carbonyl (C=O) groups excluding carboxylic acids is 1. The van der Waals surface area contributed by atoms with Crippen LogP contribution in [0.1, 0.15) is 15.9 Å². The second kappa shape index (κ2) is 7.71. The molecule has 4 aromatic rings. The van der Waals surface area contributed by atoms with Gasteiger partial charge in [-0.25, -0.2) is 4.98 Å². The van der Waals surface area contributed by atoms with E-state index in [1.54, 1.807) is 0 Å². The third kappa shape index (κ3) is 3.15. The summed E-state index contributed by atoms with van der Waals surface area (Å²) in [7, 11) is 1.99. The summed E-state index contributed by atoms with van der Waals surface area (Å²) in [6.07, 6.45) is 3.83. The standard InChI is InChI=1S/C26H25N7O2/c1-32-10-7-18-17(6-8-28-24(18)32)16-2-3-20(23-19(16)13-29-25(23)34)30-22-5-4-21-26(31-22)35-14-15-12-27-9-11-33(15)21/h2-8,10,15,27H,9,11-14H2,1H3,(H,29,34)(H,30,31)/t15-/m1/s1. The average Bonchev–Trinajstić information content (AvgIpc) is 3.47. The fourth-order valence-corrected chi connectivity index (χ4v) is 5.47. The molecule has 0 unspecified atom stereocenters. The number of anilines is 3. The molecule has 0 bridgehead atoms. The molecule has 1 aromatic carbocycles. The Morgan fingerprint density at radius 1 is 1.14 bits per heavy atom. The molecule has 0 saturated carbocycles. The molecule has 1 amide bonds. The van der Waals surface area contributed by atoms with E-state index in [-0.39, 0.29) is 5.91 Å². The first-order chi connectivity index (χ1) is 17.2. The summed E-state index contributed by atoms with van der Waals surface area (Å²) in [5, 5.41) is 10.9. The van der Waals surface area contributed by atoms with E-state index in [4.69, 9.17) is 9.72 Å². The number of aryl methyl sites for hydroxylation is 1. The third-order valence-electron chi connectivity index (χ3n) is 7.20. The van der Waals surface area contributed by atoms with Crippen LogP contribution in [0.5, 0.6) is 5.88 Å². The van der Waals surface area contributed by atoms with Crippen molar-refractivity contribution in [2.75, 3.05) is 36.5 Å². The Morgan fingerprint density at radius 3 is 3.03 bits per heavy atom. The maximum absolute atomic E-state index is 12.9. The zero-order valence-electron chi connectivity index (χ0n) is 19.3. The van der Waals surface area contributed by atoms with E-state index in [9.17, 15) is 4.79 Å². The SMILES string of the molecule is Cn1ccc2c(-c3ccc(Nc4ccc5c(n4)OC[C@H]4CNCCN54)c4c3CNC4=O)ccnc21. The molecule has 0 radical (unpaired) electrons. The highest BCUT2D eigenvalue weighted by Gasteiger charge is 2.31. The summed E-state index contributed by atoms with van der Waals surface area (Å²) in [6, 6.07) is 12.5. The topological polar surface area (TPSA) is 96.3 Å². The number of nitrogens with one attached hydrogen (secondary N) is 3. The molecular weight excluding hydrogens is 442 g/mol. The number of hydrogen-bond acceptors (Lipinski definition) is 7. The number of amides is 1. The van der Waals surface area contributed by atoms with Crippen LogP contribution >= 0.6 is 0 Å². The molecule has 0 spiro atoms. The summed E-state index contributed by atoms with van der Waals surface area (Å²) in [5.74, 6) is 1.20. The molecule has 9 heteroatoms. The van der Waals surface area contributed by atoms with Crippen molar-refractivity contribution < 1.29 is 9.53 Å². The lowest BCUT2D eigenvalue weighted by molar-refractivity contribution is 0.0966. The van der Waals surface area contributed by atoms with Crippen LogP contribution in [-0.2, 0) is 13.6 Å². The molecule has 3 aromatic heterocycles. The van der Waals surface area contributed by atoms with Crippen LogP contribution < -0.4 is 25.6 Å². The van der Waals surface area contributed by atoms with Gasteiger partial charge in [0, 0.05) is 51.0 Å². The van der Waals surface area contributed by atoms with E-state index >= 15 is 0 Å². The number of fused-ring (bicyclic) bond motifs is 5. The molecule has 176 valence electrons. The van der Waals surface area contributed by atoms with Crippen LogP contribution in [0.4, 0.5) is 17.2 Å². The minimum Gasteiger partial charge on any atom is -0.474 e. The number of ether oxygens (including phenoxy) is 1. The highest BCUT2D eigenvalue weighted by Crippen LogP contribution is 2.39. The molecule has 35 heavy (non-hydrogen) atoms. The summed E-state index contributed by atoms with van der Waals surface area (Å²) in [4.78, 5) is 24.5. The van der Waals surface area contributed by atoms with Gasteiger partial charge in [-0.15, -0.1) is 0 Å². The van der Waals surface area contributed by atoms with E-state index in [0.717, 1.165) is 58.7 Å². The highest BCUT2D eigenvalue weighted by atomic mass is 16.5. The fraction of sp³-hybridized carbons (Fsp3) is 0.269. The number of piperazine rings is 1. The first-order valence-electron chi connectivity index (χ1n) is 11.9. The van der Waals surface area contributed by atoms with Gasteiger partial charge in [-0.3, -0.25) is 4.79 Å². The lowest BCUT2D eigenvalue weighted by Crippen LogP contribution is -2.55. The fourth-order valence-electron chi connectivity index (χ4n) is 5.47. The quantitative estimate of drug-likeness (QED) is 0.426. The second-order valence-electron chi connectivity index (χ2n) is 9.23. The van der Waals surface area contributed by atoms with Gasteiger partial charge in [0.1, 0.15) is 23.8 Å². The Balaban J connectivity index is 1.26. The van der Waals surface area contributed by atoms with Gasteiger partial charge in [-0.2, -0.15) is 4.98 Å². The highest BCUT2D eigenvalue weighted by molar-refractivity contribution is 6.07. The minimum atomic E-state index is -0.0828. The number of carbonyl (C=O) groups is 1. The van der Waals surface area contributed by atoms with Crippen LogP contribution in [-0.4, -0.2) is 52.7 Å². The number of rotatable bonds is 3. The number of nitrogens with zero attached hydrogens (tertiary/aromatic N) is 4. The molecule has 1 saturated heterocycles. The van der Waals surface area contributed by atoms with Gasteiger partial charge in [-0.05, 0) is 47.0 Å². The van der Waals surface area contributed by atoms with E-state index in [1.807, 2.05) is 42.2 Å².